The highest BCUT2D eigenvalue weighted by molar-refractivity contribution is 9.10. The van der Waals surface area contributed by atoms with Gasteiger partial charge in [-0.15, -0.1) is 0 Å². The van der Waals surface area contributed by atoms with Gasteiger partial charge in [0, 0.05) is 12.3 Å². The van der Waals surface area contributed by atoms with Gasteiger partial charge in [0.25, 0.3) is 5.91 Å². The smallest absolute Gasteiger partial charge is 0.251 e. The van der Waals surface area contributed by atoms with Crippen LogP contribution in [0.4, 0.5) is 4.39 Å². The molecule has 0 unspecified atom stereocenters. The van der Waals surface area contributed by atoms with Crippen LogP contribution in [0, 0.1) is 5.82 Å². The molecule has 1 aromatic carbocycles. The molecule has 4 nitrogen and oxygen atoms in total. The molecule has 92 valence electrons. The van der Waals surface area contributed by atoms with Crippen LogP contribution in [0.5, 0.6) is 11.6 Å². The molecule has 18 heavy (non-hydrogen) atoms. The molecule has 0 aliphatic carbocycles. The van der Waals surface area contributed by atoms with Gasteiger partial charge in [0.2, 0.25) is 5.88 Å². The number of aromatic nitrogens is 1. The van der Waals surface area contributed by atoms with Crippen molar-refractivity contribution in [2.24, 2.45) is 5.73 Å². The number of pyridine rings is 1. The lowest BCUT2D eigenvalue weighted by Crippen LogP contribution is -2.12. The molecule has 0 bridgehead atoms. The molecule has 0 aliphatic heterocycles. The molecule has 6 heteroatoms. The molecular formula is C12H8BrFN2O2. The van der Waals surface area contributed by atoms with Gasteiger partial charge in [0.1, 0.15) is 11.6 Å². The summed E-state index contributed by atoms with van der Waals surface area (Å²) in [6, 6.07) is 7.28. The maximum absolute atomic E-state index is 13.5. The highest BCUT2D eigenvalue weighted by atomic mass is 79.9. The first kappa shape index (κ1) is 12.5. The van der Waals surface area contributed by atoms with E-state index in [1.807, 2.05) is 0 Å². The summed E-state index contributed by atoms with van der Waals surface area (Å²) in [6.45, 7) is 0. The number of hydrogen-bond donors (Lipinski definition) is 1. The third kappa shape index (κ3) is 2.65. The number of hydrogen-bond acceptors (Lipinski definition) is 3. The number of primary amides is 1. The topological polar surface area (TPSA) is 65.2 Å². The molecule has 0 spiro atoms. The SMILES string of the molecule is NC(=O)c1ccc(Oc2ncccc2Br)cc1F. The Labute approximate surface area is 111 Å². The van der Waals surface area contributed by atoms with E-state index in [1.165, 1.54) is 12.1 Å². The Bertz CT molecular complexity index is 604. The fraction of sp³-hybridized carbons (Fsp3) is 0. The Hall–Kier alpha value is -1.95. The Morgan fingerprint density at radius 2 is 2.17 bits per heavy atom. The summed E-state index contributed by atoms with van der Waals surface area (Å²) >= 11 is 3.25. The van der Waals surface area contributed by atoms with Gasteiger partial charge in [-0.3, -0.25) is 4.79 Å². The molecule has 0 atom stereocenters. The molecule has 1 heterocycles. The molecule has 2 aromatic rings. The molecule has 0 saturated heterocycles. The van der Waals surface area contributed by atoms with Gasteiger partial charge >= 0.3 is 0 Å². The van der Waals surface area contributed by atoms with Crippen LogP contribution in [0.15, 0.2) is 41.0 Å². The van der Waals surface area contributed by atoms with Crippen LogP contribution in [0.2, 0.25) is 0 Å². The number of carbonyl (C=O) groups excluding carboxylic acids is 1. The van der Waals surface area contributed by atoms with Crippen molar-refractivity contribution in [3.63, 3.8) is 0 Å². The van der Waals surface area contributed by atoms with Gasteiger partial charge in [-0.2, -0.15) is 0 Å². The van der Waals surface area contributed by atoms with E-state index in [9.17, 15) is 9.18 Å². The monoisotopic (exact) mass is 310 g/mol. The Kier molecular flexibility index (Phi) is 3.57. The molecule has 0 saturated carbocycles. The second-order valence-electron chi connectivity index (χ2n) is 3.40. The first-order chi connectivity index (χ1) is 8.58. The van der Waals surface area contributed by atoms with E-state index in [1.54, 1.807) is 18.3 Å². The van der Waals surface area contributed by atoms with Crippen molar-refractivity contribution in [1.29, 1.82) is 0 Å². The summed E-state index contributed by atoms with van der Waals surface area (Å²) in [5.41, 5.74) is 4.82. The van der Waals surface area contributed by atoms with E-state index in [2.05, 4.69) is 20.9 Å². The summed E-state index contributed by atoms with van der Waals surface area (Å²) in [6.07, 6.45) is 1.55. The third-order valence-electron chi connectivity index (χ3n) is 2.15. The van der Waals surface area contributed by atoms with E-state index >= 15 is 0 Å². The minimum Gasteiger partial charge on any atom is -0.438 e. The zero-order chi connectivity index (χ0) is 13.1. The maximum atomic E-state index is 13.5. The molecule has 0 radical (unpaired) electrons. The number of rotatable bonds is 3. The minimum absolute atomic E-state index is 0.178. The number of carbonyl (C=O) groups is 1. The van der Waals surface area contributed by atoms with Crippen LogP contribution in [0.25, 0.3) is 0 Å². The van der Waals surface area contributed by atoms with Crippen molar-refractivity contribution < 1.29 is 13.9 Å². The standard InChI is InChI=1S/C12H8BrFN2O2/c13-9-2-1-5-16-12(9)18-7-3-4-8(11(15)17)10(14)6-7/h1-6H,(H2,15,17). The number of halogens is 2. The van der Waals surface area contributed by atoms with E-state index in [-0.39, 0.29) is 11.3 Å². The number of nitrogens with zero attached hydrogens (tertiary/aromatic N) is 1. The average molecular weight is 311 g/mol. The van der Waals surface area contributed by atoms with E-state index < -0.39 is 11.7 Å². The molecule has 1 amide bonds. The highest BCUT2D eigenvalue weighted by Crippen LogP contribution is 2.27. The van der Waals surface area contributed by atoms with E-state index in [0.29, 0.717) is 10.4 Å². The van der Waals surface area contributed by atoms with Crippen molar-refractivity contribution in [1.82, 2.24) is 4.98 Å². The van der Waals surface area contributed by atoms with Crippen molar-refractivity contribution in [2.45, 2.75) is 0 Å². The summed E-state index contributed by atoms with van der Waals surface area (Å²) < 4.78 is 19.5. The minimum atomic E-state index is -0.821. The summed E-state index contributed by atoms with van der Waals surface area (Å²) in [5.74, 6) is -1.01. The molecular weight excluding hydrogens is 303 g/mol. The largest absolute Gasteiger partial charge is 0.438 e. The quantitative estimate of drug-likeness (QED) is 0.948. The molecule has 2 rings (SSSR count). The van der Waals surface area contributed by atoms with Gasteiger partial charge in [0.05, 0.1) is 10.0 Å². The molecule has 0 fully saturated rings. The van der Waals surface area contributed by atoms with Crippen LogP contribution >= 0.6 is 15.9 Å². The van der Waals surface area contributed by atoms with Crippen molar-refractivity contribution in [3.05, 3.63) is 52.4 Å². The zero-order valence-electron chi connectivity index (χ0n) is 9.06. The predicted molar refractivity (Wildman–Crippen MR) is 66.9 cm³/mol. The summed E-state index contributed by atoms with van der Waals surface area (Å²) in [4.78, 5) is 14.8. The normalized spacial score (nSPS) is 10.1. The van der Waals surface area contributed by atoms with Gasteiger partial charge in [-0.1, -0.05) is 0 Å². The summed E-state index contributed by atoms with van der Waals surface area (Å²) in [5, 5.41) is 0. The number of ether oxygens (including phenoxy) is 1. The highest BCUT2D eigenvalue weighted by Gasteiger charge is 2.10. The lowest BCUT2D eigenvalue weighted by molar-refractivity contribution is 0.0996. The Morgan fingerprint density at radius 1 is 1.39 bits per heavy atom. The molecule has 1 aromatic heterocycles. The fourth-order valence-corrected chi connectivity index (χ4v) is 1.65. The number of amides is 1. The average Bonchev–Trinajstić information content (AvgIpc) is 2.32. The van der Waals surface area contributed by atoms with Crippen LogP contribution in [0.1, 0.15) is 10.4 Å². The van der Waals surface area contributed by atoms with Gasteiger partial charge in [0.15, 0.2) is 0 Å². The molecule has 2 N–H and O–H groups in total. The predicted octanol–water partition coefficient (Wildman–Crippen LogP) is 2.87. The lowest BCUT2D eigenvalue weighted by atomic mass is 10.2. The van der Waals surface area contributed by atoms with Crippen LogP contribution in [-0.4, -0.2) is 10.9 Å². The van der Waals surface area contributed by atoms with E-state index in [4.69, 9.17) is 10.5 Å². The third-order valence-corrected chi connectivity index (χ3v) is 2.75. The van der Waals surface area contributed by atoms with Crippen LogP contribution < -0.4 is 10.5 Å². The first-order valence-electron chi connectivity index (χ1n) is 4.95. The second-order valence-corrected chi connectivity index (χ2v) is 4.25. The lowest BCUT2D eigenvalue weighted by Gasteiger charge is -2.07. The zero-order valence-corrected chi connectivity index (χ0v) is 10.6. The van der Waals surface area contributed by atoms with Gasteiger partial charge < -0.3 is 10.5 Å². The van der Waals surface area contributed by atoms with Gasteiger partial charge in [-0.25, -0.2) is 9.37 Å². The number of nitrogens with two attached hydrogens (primary N) is 1. The van der Waals surface area contributed by atoms with E-state index in [0.717, 1.165) is 6.07 Å². The second kappa shape index (κ2) is 5.14. The number of benzene rings is 1. The first-order valence-corrected chi connectivity index (χ1v) is 5.75. The van der Waals surface area contributed by atoms with Crippen LogP contribution in [-0.2, 0) is 0 Å². The maximum Gasteiger partial charge on any atom is 0.251 e. The Balaban J connectivity index is 2.29. The molecule has 0 aliphatic rings. The van der Waals surface area contributed by atoms with Gasteiger partial charge in [-0.05, 0) is 40.2 Å². The summed E-state index contributed by atoms with van der Waals surface area (Å²) in [7, 11) is 0. The van der Waals surface area contributed by atoms with Crippen molar-refractivity contribution in [2.75, 3.05) is 0 Å². The fourth-order valence-electron chi connectivity index (χ4n) is 1.32. The Morgan fingerprint density at radius 3 is 2.78 bits per heavy atom. The van der Waals surface area contributed by atoms with Crippen molar-refractivity contribution >= 4 is 21.8 Å². The van der Waals surface area contributed by atoms with Crippen molar-refractivity contribution in [3.8, 4) is 11.6 Å². The van der Waals surface area contributed by atoms with Crippen LogP contribution in [0.3, 0.4) is 0 Å².